The maximum Gasteiger partial charge on any atom is 0.266 e. The monoisotopic (exact) mass is 465 g/mol. The van der Waals surface area contributed by atoms with Gasteiger partial charge in [0.15, 0.2) is 14.9 Å². The van der Waals surface area contributed by atoms with Crippen LogP contribution >= 0.6 is 0 Å². The molecular formula is C21H31N5O5S. The summed E-state index contributed by atoms with van der Waals surface area (Å²) < 4.78 is 40.5. The van der Waals surface area contributed by atoms with Crippen LogP contribution in [-0.4, -0.2) is 66.2 Å². The maximum absolute atomic E-state index is 11.5. The third-order valence-electron chi connectivity index (χ3n) is 5.93. The summed E-state index contributed by atoms with van der Waals surface area (Å²) in [5, 5.41) is 4.06. The average Bonchev–Trinajstić information content (AvgIpc) is 3.26. The molecule has 0 bridgehead atoms. The van der Waals surface area contributed by atoms with Crippen LogP contribution < -0.4 is 9.64 Å². The molecule has 32 heavy (non-hydrogen) atoms. The van der Waals surface area contributed by atoms with Gasteiger partial charge in [0.05, 0.1) is 24.6 Å². The third kappa shape index (κ3) is 5.74. The van der Waals surface area contributed by atoms with Gasteiger partial charge in [-0.25, -0.2) is 18.4 Å². The highest BCUT2D eigenvalue weighted by Gasteiger charge is 2.29. The van der Waals surface area contributed by atoms with Crippen molar-refractivity contribution in [2.75, 3.05) is 24.2 Å². The Kier molecular flexibility index (Phi) is 6.94. The summed E-state index contributed by atoms with van der Waals surface area (Å²) in [4.78, 5) is 14.7. The van der Waals surface area contributed by atoms with Crippen molar-refractivity contribution in [1.82, 2.24) is 20.1 Å². The Balaban J connectivity index is 1.18. The molecule has 4 rings (SSSR count). The van der Waals surface area contributed by atoms with E-state index in [9.17, 15) is 8.42 Å². The average molecular weight is 466 g/mol. The largest absolute Gasteiger partial charge is 0.473 e. The lowest BCUT2D eigenvalue weighted by Crippen LogP contribution is -2.40. The van der Waals surface area contributed by atoms with Crippen molar-refractivity contribution in [3.63, 3.8) is 0 Å². The van der Waals surface area contributed by atoms with Crippen LogP contribution in [0.15, 0.2) is 21.9 Å². The molecule has 0 N–H and O–H groups in total. The summed E-state index contributed by atoms with van der Waals surface area (Å²) in [6.45, 7) is 5.81. The lowest BCUT2D eigenvalue weighted by molar-refractivity contribution is -0.0532. The fraction of sp³-hybridized carbons (Fsp3) is 0.714. The molecule has 2 aromatic rings. The highest BCUT2D eigenvalue weighted by Crippen LogP contribution is 2.28. The molecule has 176 valence electrons. The van der Waals surface area contributed by atoms with Gasteiger partial charge < -0.3 is 18.9 Å². The van der Waals surface area contributed by atoms with Crippen LogP contribution in [0.5, 0.6) is 5.88 Å². The van der Waals surface area contributed by atoms with E-state index in [4.69, 9.17) is 14.0 Å². The highest BCUT2D eigenvalue weighted by atomic mass is 32.2. The quantitative estimate of drug-likeness (QED) is 0.603. The maximum atomic E-state index is 11.5. The standard InChI is InChI=1S/C21H31N5O5S/c1-14(2)20-24-21(25-31-20)26-10-8-17(9-11-26)29-15-4-6-16(7-5-15)30-18-12-23-19(13-22-18)32(3,27)28/h12-17H,4-11H2,1-3H3/t15-,16-. The highest BCUT2D eigenvalue weighted by molar-refractivity contribution is 7.90. The SMILES string of the molecule is CC(C)c1nc(N2CCC(O[C@H]3CC[C@H](Oc4cnc(S(C)(=O)=O)cn4)CC3)CC2)no1. The molecule has 2 fully saturated rings. The normalized spacial score (nSPS) is 22.9. The first-order valence-corrected chi connectivity index (χ1v) is 13.1. The zero-order valence-corrected chi connectivity index (χ0v) is 19.6. The van der Waals surface area contributed by atoms with E-state index < -0.39 is 9.84 Å². The van der Waals surface area contributed by atoms with Gasteiger partial charge >= 0.3 is 0 Å². The number of nitrogens with zero attached hydrogens (tertiary/aromatic N) is 5. The second-order valence-electron chi connectivity index (χ2n) is 8.89. The van der Waals surface area contributed by atoms with Crippen molar-refractivity contribution in [2.45, 2.75) is 81.6 Å². The van der Waals surface area contributed by atoms with E-state index in [-0.39, 0.29) is 29.3 Å². The molecule has 3 heterocycles. The van der Waals surface area contributed by atoms with Crippen LogP contribution in [-0.2, 0) is 14.6 Å². The van der Waals surface area contributed by atoms with Crippen LogP contribution in [0.1, 0.15) is 64.2 Å². The predicted octanol–water partition coefficient (Wildman–Crippen LogP) is 2.76. The number of hydrogen-bond donors (Lipinski definition) is 0. The molecular weight excluding hydrogens is 434 g/mol. The van der Waals surface area contributed by atoms with E-state index in [2.05, 4.69) is 25.0 Å². The third-order valence-corrected chi connectivity index (χ3v) is 6.90. The Morgan fingerprint density at radius 1 is 1.00 bits per heavy atom. The fourth-order valence-corrected chi connectivity index (χ4v) is 4.56. The van der Waals surface area contributed by atoms with E-state index in [0.29, 0.717) is 17.7 Å². The molecule has 1 aliphatic heterocycles. The lowest BCUT2D eigenvalue weighted by Gasteiger charge is -2.35. The van der Waals surface area contributed by atoms with Crippen molar-refractivity contribution in [1.29, 1.82) is 0 Å². The molecule has 1 aliphatic carbocycles. The van der Waals surface area contributed by atoms with Crippen LogP contribution in [0.2, 0.25) is 0 Å². The van der Waals surface area contributed by atoms with E-state index in [0.717, 1.165) is 57.9 Å². The summed E-state index contributed by atoms with van der Waals surface area (Å²) >= 11 is 0. The van der Waals surface area contributed by atoms with Crippen molar-refractivity contribution in [3.8, 4) is 5.88 Å². The first-order chi connectivity index (χ1) is 15.3. The predicted molar refractivity (Wildman–Crippen MR) is 117 cm³/mol. The molecule has 0 aromatic carbocycles. The molecule has 10 nitrogen and oxygen atoms in total. The van der Waals surface area contributed by atoms with Crippen molar-refractivity contribution in [3.05, 3.63) is 18.3 Å². The molecule has 11 heteroatoms. The van der Waals surface area contributed by atoms with Gasteiger partial charge in [0.25, 0.3) is 5.95 Å². The van der Waals surface area contributed by atoms with E-state index in [1.54, 1.807) is 0 Å². The Bertz CT molecular complexity index is 978. The molecule has 0 unspecified atom stereocenters. The van der Waals surface area contributed by atoms with Gasteiger partial charge in [-0.05, 0) is 43.7 Å². The number of sulfone groups is 1. The van der Waals surface area contributed by atoms with Gasteiger partial charge in [-0.2, -0.15) is 4.98 Å². The van der Waals surface area contributed by atoms with Crippen molar-refractivity contribution >= 4 is 15.8 Å². The van der Waals surface area contributed by atoms with Crippen LogP contribution in [0, 0.1) is 0 Å². The number of hydrogen-bond acceptors (Lipinski definition) is 10. The summed E-state index contributed by atoms with van der Waals surface area (Å²) in [6.07, 6.45) is 9.77. The molecule has 0 radical (unpaired) electrons. The van der Waals surface area contributed by atoms with E-state index >= 15 is 0 Å². The minimum Gasteiger partial charge on any atom is -0.473 e. The second-order valence-corrected chi connectivity index (χ2v) is 10.9. The minimum atomic E-state index is -3.36. The summed E-state index contributed by atoms with van der Waals surface area (Å²) in [5.74, 6) is 1.94. The molecule has 0 amide bonds. The second kappa shape index (κ2) is 9.70. The topological polar surface area (TPSA) is 121 Å². The number of rotatable bonds is 7. The Morgan fingerprint density at radius 3 is 2.22 bits per heavy atom. The Morgan fingerprint density at radius 2 is 1.66 bits per heavy atom. The lowest BCUT2D eigenvalue weighted by atomic mass is 9.94. The van der Waals surface area contributed by atoms with Gasteiger partial charge in [0.2, 0.25) is 11.8 Å². The molecule has 1 saturated heterocycles. The first-order valence-electron chi connectivity index (χ1n) is 11.2. The minimum absolute atomic E-state index is 0.0449. The molecule has 0 spiro atoms. The van der Waals surface area contributed by atoms with Crippen molar-refractivity contribution < 1.29 is 22.4 Å². The van der Waals surface area contributed by atoms with Gasteiger partial charge in [-0.3, -0.25) is 0 Å². The van der Waals surface area contributed by atoms with Gasteiger partial charge in [-0.15, -0.1) is 0 Å². The van der Waals surface area contributed by atoms with Crippen LogP contribution in [0.25, 0.3) is 0 Å². The van der Waals surface area contributed by atoms with Gasteiger partial charge in [0.1, 0.15) is 6.10 Å². The number of piperidine rings is 1. The van der Waals surface area contributed by atoms with E-state index in [1.807, 2.05) is 13.8 Å². The molecule has 2 aromatic heterocycles. The zero-order valence-electron chi connectivity index (χ0n) is 18.8. The number of aromatic nitrogens is 4. The smallest absolute Gasteiger partial charge is 0.266 e. The molecule has 1 saturated carbocycles. The number of anilines is 1. The summed E-state index contributed by atoms with van der Waals surface area (Å²) in [7, 11) is -3.36. The Labute approximate surface area is 188 Å². The van der Waals surface area contributed by atoms with Crippen LogP contribution in [0.3, 0.4) is 0 Å². The molecule has 0 atom stereocenters. The van der Waals surface area contributed by atoms with Gasteiger partial charge in [0, 0.05) is 25.3 Å². The zero-order chi connectivity index (χ0) is 22.7. The Hall–Kier alpha value is -2.27. The van der Waals surface area contributed by atoms with Crippen molar-refractivity contribution in [2.24, 2.45) is 0 Å². The first kappa shape index (κ1) is 22.9. The fourth-order valence-electron chi connectivity index (χ4n) is 4.07. The van der Waals surface area contributed by atoms with Crippen LogP contribution in [0.4, 0.5) is 5.95 Å². The van der Waals surface area contributed by atoms with Gasteiger partial charge in [-0.1, -0.05) is 13.8 Å². The molecule has 2 aliphatic rings. The summed E-state index contributed by atoms with van der Waals surface area (Å²) in [5.41, 5.74) is 0. The number of ether oxygens (including phenoxy) is 2. The van der Waals surface area contributed by atoms with E-state index in [1.165, 1.54) is 12.4 Å². The summed E-state index contributed by atoms with van der Waals surface area (Å²) in [6, 6.07) is 0.